The molecule has 4 nitrogen and oxygen atoms in total. The summed E-state index contributed by atoms with van der Waals surface area (Å²) >= 11 is 10.4. The van der Waals surface area contributed by atoms with Crippen LogP contribution in [0.2, 0.25) is 0 Å². The number of benzene rings is 2. The zero-order valence-corrected chi connectivity index (χ0v) is 20.6. The maximum atomic E-state index is 12.2. The Kier molecular flexibility index (Phi) is 8.46. The van der Waals surface area contributed by atoms with E-state index in [9.17, 15) is 21.6 Å². The minimum Gasteiger partial charge on any atom is -0.457 e. The Morgan fingerprint density at radius 2 is 1.76 bits per heavy atom. The minimum absolute atomic E-state index is 0.0391. The summed E-state index contributed by atoms with van der Waals surface area (Å²) in [6.45, 7) is 1.92. The first kappa shape index (κ1) is 24.5. The van der Waals surface area contributed by atoms with Gasteiger partial charge in [0.05, 0.1) is 5.75 Å². The van der Waals surface area contributed by atoms with Crippen molar-refractivity contribution in [1.29, 1.82) is 0 Å². The van der Waals surface area contributed by atoms with E-state index in [0.29, 0.717) is 16.8 Å². The number of halogens is 6. The van der Waals surface area contributed by atoms with Crippen molar-refractivity contribution < 1.29 is 30.5 Å². The first-order chi connectivity index (χ1) is 13.4. The highest BCUT2D eigenvalue weighted by atomic mass is 79.9. The van der Waals surface area contributed by atoms with E-state index in [4.69, 9.17) is 8.92 Å². The lowest BCUT2D eigenvalue weighted by atomic mass is 10.1. The van der Waals surface area contributed by atoms with Gasteiger partial charge >= 0.3 is 16.3 Å². The molecule has 0 amide bonds. The molecule has 0 saturated heterocycles. The van der Waals surface area contributed by atoms with Gasteiger partial charge in [-0.1, -0.05) is 22.0 Å². The molecule has 0 aliphatic rings. The molecular formula is C18H16Br3F3O4S. The van der Waals surface area contributed by atoms with Gasteiger partial charge in [-0.25, -0.2) is 0 Å². The van der Waals surface area contributed by atoms with Crippen LogP contribution in [0.5, 0.6) is 17.2 Å². The van der Waals surface area contributed by atoms with Gasteiger partial charge in [0, 0.05) is 32.3 Å². The number of ether oxygens (including phenoxy) is 1. The Labute approximate surface area is 192 Å². The highest BCUT2D eigenvalue weighted by Gasteiger charge is 2.28. The Balaban J connectivity index is 2.16. The van der Waals surface area contributed by atoms with E-state index in [1.165, 1.54) is 18.2 Å². The average molecular weight is 625 g/mol. The predicted octanol–water partition coefficient (Wildman–Crippen LogP) is 7.26. The third-order valence-electron chi connectivity index (χ3n) is 3.79. The van der Waals surface area contributed by atoms with Gasteiger partial charge in [-0.15, -0.1) is 0 Å². The van der Waals surface area contributed by atoms with Crippen molar-refractivity contribution in [1.82, 2.24) is 0 Å². The van der Waals surface area contributed by atoms with E-state index < -0.39 is 34.9 Å². The molecule has 160 valence electrons. The molecule has 0 aliphatic carbocycles. The van der Waals surface area contributed by atoms with Gasteiger partial charge in [-0.3, -0.25) is 0 Å². The second-order valence-corrected chi connectivity index (χ2v) is 9.95. The van der Waals surface area contributed by atoms with Gasteiger partial charge in [0.1, 0.15) is 17.2 Å². The molecule has 0 heterocycles. The summed E-state index contributed by atoms with van der Waals surface area (Å²) in [5.74, 6) is 0.107. The van der Waals surface area contributed by atoms with Crippen LogP contribution < -0.4 is 8.92 Å². The maximum absolute atomic E-state index is 12.2. The molecule has 0 N–H and O–H groups in total. The molecule has 0 atom stereocenters. The van der Waals surface area contributed by atoms with Crippen LogP contribution in [0.3, 0.4) is 0 Å². The topological polar surface area (TPSA) is 52.6 Å². The van der Waals surface area contributed by atoms with Crippen LogP contribution in [0.4, 0.5) is 13.2 Å². The van der Waals surface area contributed by atoms with Gasteiger partial charge < -0.3 is 8.92 Å². The lowest BCUT2D eigenvalue weighted by molar-refractivity contribution is -0.134. The summed E-state index contributed by atoms with van der Waals surface area (Å²) < 4.78 is 73.0. The first-order valence-electron chi connectivity index (χ1n) is 8.22. The SMILES string of the molecule is Cc1c(Br)c(Br)cc(Oc2cccc(OS(=O)(=O)CCCC(F)(F)F)c2)c1CBr. The zero-order valence-electron chi connectivity index (χ0n) is 15.0. The summed E-state index contributed by atoms with van der Waals surface area (Å²) in [5.41, 5.74) is 1.86. The van der Waals surface area contributed by atoms with Gasteiger partial charge in [-0.2, -0.15) is 21.6 Å². The van der Waals surface area contributed by atoms with Gasteiger partial charge in [0.2, 0.25) is 0 Å². The summed E-state index contributed by atoms with van der Waals surface area (Å²) in [6.07, 6.45) is -6.16. The lowest BCUT2D eigenvalue weighted by Crippen LogP contribution is -2.16. The monoisotopic (exact) mass is 622 g/mol. The van der Waals surface area contributed by atoms with Crippen LogP contribution in [-0.2, 0) is 15.4 Å². The first-order valence-corrected chi connectivity index (χ1v) is 12.5. The summed E-state index contributed by atoms with van der Waals surface area (Å²) in [6, 6.07) is 7.68. The maximum Gasteiger partial charge on any atom is 0.389 e. The van der Waals surface area contributed by atoms with Gasteiger partial charge in [0.25, 0.3) is 0 Å². The molecule has 0 aromatic heterocycles. The van der Waals surface area contributed by atoms with Gasteiger partial charge in [-0.05, 0) is 69.0 Å². The fourth-order valence-corrected chi connectivity index (χ4v) is 4.91. The molecule has 0 bridgehead atoms. The van der Waals surface area contributed by atoms with Crippen LogP contribution in [0.25, 0.3) is 0 Å². The van der Waals surface area contributed by atoms with E-state index >= 15 is 0 Å². The van der Waals surface area contributed by atoms with Crippen molar-refractivity contribution in [2.24, 2.45) is 0 Å². The highest BCUT2D eigenvalue weighted by Crippen LogP contribution is 2.39. The van der Waals surface area contributed by atoms with Crippen LogP contribution in [0.15, 0.2) is 39.3 Å². The van der Waals surface area contributed by atoms with Crippen LogP contribution in [0, 0.1) is 6.92 Å². The molecule has 0 fully saturated rings. The van der Waals surface area contributed by atoms with Crippen molar-refractivity contribution in [2.45, 2.75) is 31.3 Å². The summed E-state index contributed by atoms with van der Waals surface area (Å²) in [7, 11) is -4.16. The van der Waals surface area contributed by atoms with Crippen LogP contribution in [-0.4, -0.2) is 20.3 Å². The van der Waals surface area contributed by atoms with Crippen LogP contribution in [0.1, 0.15) is 24.0 Å². The van der Waals surface area contributed by atoms with Gasteiger partial charge in [0.15, 0.2) is 0 Å². The smallest absolute Gasteiger partial charge is 0.389 e. The quantitative estimate of drug-likeness (QED) is 0.229. The average Bonchev–Trinajstić information content (AvgIpc) is 2.58. The van der Waals surface area contributed by atoms with Crippen LogP contribution >= 0.6 is 47.8 Å². The molecule has 2 aromatic carbocycles. The number of hydrogen-bond donors (Lipinski definition) is 0. The fraction of sp³-hybridized carbons (Fsp3) is 0.333. The molecular weight excluding hydrogens is 609 g/mol. The Morgan fingerprint density at radius 1 is 1.10 bits per heavy atom. The van der Waals surface area contributed by atoms with E-state index in [0.717, 1.165) is 20.1 Å². The summed E-state index contributed by atoms with van der Waals surface area (Å²) in [5, 5.41) is 0.532. The zero-order chi connectivity index (χ0) is 21.8. The molecule has 29 heavy (non-hydrogen) atoms. The van der Waals surface area contributed by atoms with Crippen molar-refractivity contribution in [3.8, 4) is 17.2 Å². The van der Waals surface area contributed by atoms with Crippen molar-refractivity contribution in [3.05, 3.63) is 50.4 Å². The molecule has 0 saturated carbocycles. The van der Waals surface area contributed by atoms with E-state index in [2.05, 4.69) is 47.8 Å². The van der Waals surface area contributed by atoms with E-state index in [1.807, 2.05) is 6.92 Å². The number of hydrogen-bond acceptors (Lipinski definition) is 4. The molecule has 2 aromatic rings. The van der Waals surface area contributed by atoms with E-state index in [-0.39, 0.29) is 5.75 Å². The molecule has 0 radical (unpaired) electrons. The molecule has 2 rings (SSSR count). The molecule has 0 aliphatic heterocycles. The Hall–Kier alpha value is -0.780. The van der Waals surface area contributed by atoms with Crippen molar-refractivity contribution >= 4 is 57.9 Å². The standard InChI is InChI=1S/C18H16Br3F3O4S/c1-11-14(10-19)16(9-15(20)17(11)21)27-12-4-2-5-13(8-12)28-29(25,26)7-3-6-18(22,23)24/h2,4-5,8-9H,3,6-7,10H2,1H3. The second-order valence-electron chi connectivity index (χ2n) is 6.05. The highest BCUT2D eigenvalue weighted by molar-refractivity contribution is 9.13. The molecule has 11 heteroatoms. The van der Waals surface area contributed by atoms with E-state index in [1.54, 1.807) is 12.1 Å². The Bertz CT molecular complexity index is 979. The third kappa shape index (κ3) is 7.45. The third-order valence-corrected chi connectivity index (χ3v) is 7.77. The largest absolute Gasteiger partial charge is 0.457 e. The van der Waals surface area contributed by atoms with Crippen molar-refractivity contribution in [2.75, 3.05) is 5.75 Å². The second kappa shape index (κ2) is 10.0. The number of alkyl halides is 4. The molecule has 0 spiro atoms. The minimum atomic E-state index is -4.41. The van der Waals surface area contributed by atoms with Crippen molar-refractivity contribution in [3.63, 3.8) is 0 Å². The normalized spacial score (nSPS) is 12.1. The molecule has 0 unspecified atom stereocenters. The Morgan fingerprint density at radius 3 is 2.38 bits per heavy atom. The number of rotatable bonds is 8. The lowest BCUT2D eigenvalue weighted by Gasteiger charge is -2.15. The summed E-state index contributed by atoms with van der Waals surface area (Å²) in [4.78, 5) is 0. The predicted molar refractivity (Wildman–Crippen MR) is 115 cm³/mol. The fourth-order valence-electron chi connectivity index (χ4n) is 2.37.